The molecular formula is C19H29ClZr. The van der Waals surface area contributed by atoms with Crippen LogP contribution in [0, 0.1) is 0 Å². The van der Waals surface area contributed by atoms with Crippen LogP contribution in [0.15, 0.2) is 42.0 Å². The zero-order valence-electron chi connectivity index (χ0n) is 13.8. The molecular weight excluding hydrogens is 355 g/mol. The van der Waals surface area contributed by atoms with E-state index in [2.05, 4.69) is 49.8 Å². The third-order valence-electron chi connectivity index (χ3n) is 3.96. The van der Waals surface area contributed by atoms with Crippen LogP contribution in [0.3, 0.4) is 0 Å². The van der Waals surface area contributed by atoms with Gasteiger partial charge in [0.25, 0.3) is 0 Å². The average Bonchev–Trinajstić information content (AvgIpc) is 3.15. The van der Waals surface area contributed by atoms with Crippen molar-refractivity contribution in [1.29, 1.82) is 0 Å². The molecule has 0 aromatic carbocycles. The van der Waals surface area contributed by atoms with Crippen molar-refractivity contribution in [2.75, 3.05) is 6.38 Å². The van der Waals surface area contributed by atoms with Gasteiger partial charge in [-0.05, 0) is 0 Å². The first kappa shape index (κ1) is 19.2. The van der Waals surface area contributed by atoms with Crippen LogP contribution in [0.4, 0.5) is 0 Å². The largest absolute Gasteiger partial charge is 0.130 e. The molecule has 0 aliphatic heterocycles. The summed E-state index contributed by atoms with van der Waals surface area (Å²) in [5.41, 5.74) is 3.42. The Hall–Kier alpha value is 0.133. The molecule has 0 unspecified atom stereocenters. The van der Waals surface area contributed by atoms with Crippen LogP contribution >= 0.6 is 11.6 Å². The molecule has 0 aromatic heterocycles. The van der Waals surface area contributed by atoms with Crippen LogP contribution in [-0.2, 0) is 23.2 Å². The van der Waals surface area contributed by atoms with E-state index in [1.807, 2.05) is 6.56 Å². The van der Waals surface area contributed by atoms with Gasteiger partial charge in [0, 0.05) is 6.38 Å². The topological polar surface area (TPSA) is 0 Å². The maximum Gasteiger partial charge on any atom is 0.0108 e. The van der Waals surface area contributed by atoms with Gasteiger partial charge in [0.1, 0.15) is 0 Å². The molecule has 0 aromatic rings. The maximum atomic E-state index is 4.64. The minimum atomic E-state index is -0.463. The van der Waals surface area contributed by atoms with E-state index in [0.717, 1.165) is 0 Å². The molecule has 21 heavy (non-hydrogen) atoms. The van der Waals surface area contributed by atoms with Crippen LogP contribution < -0.4 is 0 Å². The molecule has 0 atom stereocenters. The van der Waals surface area contributed by atoms with Crippen LogP contribution in [0.2, 0.25) is 0 Å². The van der Waals surface area contributed by atoms with Gasteiger partial charge < -0.3 is 0 Å². The first-order valence-corrected chi connectivity index (χ1v) is 11.5. The number of halogens is 1. The number of rotatable bonds is 8. The summed E-state index contributed by atoms with van der Waals surface area (Å²) in [6, 6.07) is 0. The summed E-state index contributed by atoms with van der Waals surface area (Å²) in [4.78, 5) is 0. The number of hydrogen-bond acceptors (Lipinski definition) is 0. The number of alkyl halides is 1. The van der Waals surface area contributed by atoms with E-state index in [4.69, 9.17) is 0 Å². The molecule has 0 saturated heterocycles. The zero-order valence-corrected chi connectivity index (χ0v) is 17.1. The van der Waals surface area contributed by atoms with Gasteiger partial charge in [-0.25, -0.2) is 0 Å². The summed E-state index contributed by atoms with van der Waals surface area (Å²) >= 11 is 4.18. The average molecular weight is 384 g/mol. The van der Waals surface area contributed by atoms with Gasteiger partial charge in [-0.3, -0.25) is 0 Å². The first-order valence-electron chi connectivity index (χ1n) is 8.27. The summed E-state index contributed by atoms with van der Waals surface area (Å²) in [5, 5.41) is 0. The Labute approximate surface area is 148 Å². The molecule has 0 radical (unpaired) electrons. The van der Waals surface area contributed by atoms with Crippen LogP contribution in [-0.4, -0.2) is 6.38 Å². The standard InChI is InChI=1S/2C9H13.CH3Cl.Zr/c2*1-2-3-6-9-7-4-5-8-9;1-2;/h2*4,7H,2-3,5-6H2,1H3;1H3;. The molecule has 0 fully saturated rings. The maximum absolute atomic E-state index is 4.64. The molecule has 0 heterocycles. The second kappa shape index (κ2) is 11.7. The van der Waals surface area contributed by atoms with Crippen molar-refractivity contribution < 1.29 is 23.2 Å². The summed E-state index contributed by atoms with van der Waals surface area (Å²) < 4.78 is 3.73. The first-order chi connectivity index (χ1) is 10.3. The fourth-order valence-corrected chi connectivity index (χ4v) is 6.54. The zero-order chi connectivity index (χ0) is 15.5. The van der Waals surface area contributed by atoms with Gasteiger partial charge in [0.2, 0.25) is 0 Å². The Kier molecular flexibility index (Phi) is 10.7. The minimum Gasteiger partial charge on any atom is -0.130 e. The Balaban J connectivity index is 0.00000106. The number of unbranched alkanes of at least 4 members (excludes halogenated alkanes) is 2. The molecule has 0 bridgehead atoms. The fraction of sp³-hybridized carbons (Fsp3) is 0.579. The van der Waals surface area contributed by atoms with E-state index >= 15 is 0 Å². The van der Waals surface area contributed by atoms with Crippen molar-refractivity contribution in [1.82, 2.24) is 0 Å². The minimum absolute atomic E-state index is 0.463. The molecule has 2 heteroatoms. The molecule has 0 N–H and O–H groups in total. The van der Waals surface area contributed by atoms with E-state index in [9.17, 15) is 0 Å². The van der Waals surface area contributed by atoms with Gasteiger partial charge in [-0.1, -0.05) is 0 Å². The Morgan fingerprint density at radius 2 is 1.29 bits per heavy atom. The second-order valence-electron chi connectivity index (χ2n) is 5.55. The summed E-state index contributed by atoms with van der Waals surface area (Å²) in [6.45, 7) is 4.59. The van der Waals surface area contributed by atoms with Gasteiger partial charge in [0.15, 0.2) is 0 Å². The van der Waals surface area contributed by atoms with Crippen molar-refractivity contribution in [3.63, 3.8) is 0 Å². The van der Waals surface area contributed by atoms with E-state index in [1.165, 1.54) is 57.7 Å². The molecule has 2 rings (SSSR count). The predicted molar refractivity (Wildman–Crippen MR) is 92.4 cm³/mol. The summed E-state index contributed by atoms with van der Waals surface area (Å²) in [7, 11) is 0. The van der Waals surface area contributed by atoms with Crippen LogP contribution in [0.25, 0.3) is 0 Å². The Morgan fingerprint density at radius 1 is 0.857 bits per heavy atom. The second-order valence-corrected chi connectivity index (χ2v) is 9.13. The molecule has 0 saturated carbocycles. The van der Waals surface area contributed by atoms with Gasteiger partial charge >= 0.3 is 130 Å². The van der Waals surface area contributed by atoms with Gasteiger partial charge in [-0.2, -0.15) is 0 Å². The van der Waals surface area contributed by atoms with Crippen molar-refractivity contribution >= 4 is 11.6 Å². The summed E-state index contributed by atoms with van der Waals surface area (Å²) in [5.74, 6) is 0. The smallest absolute Gasteiger partial charge is 0.0108 e. The molecule has 2 aliphatic rings. The molecule has 0 nitrogen and oxygen atoms in total. The van der Waals surface area contributed by atoms with Gasteiger partial charge in [0.05, 0.1) is 0 Å². The predicted octanol–water partition coefficient (Wildman–Crippen LogP) is 6.73. The quantitative estimate of drug-likeness (QED) is 0.407. The molecule has 0 amide bonds. The SMILES string of the molecule is CCCCC1=[C]([Zr][C]2=C(CCCC)C=CC2)CC=C1.CCl. The monoisotopic (exact) mass is 382 g/mol. The van der Waals surface area contributed by atoms with Crippen molar-refractivity contribution in [2.45, 2.75) is 65.2 Å². The molecule has 116 valence electrons. The van der Waals surface area contributed by atoms with E-state index in [0.29, 0.717) is 0 Å². The van der Waals surface area contributed by atoms with Crippen molar-refractivity contribution in [3.05, 3.63) is 42.0 Å². The summed E-state index contributed by atoms with van der Waals surface area (Å²) in [6.07, 6.45) is 21.7. The number of hydrogen-bond donors (Lipinski definition) is 0. The van der Waals surface area contributed by atoms with E-state index < -0.39 is 23.2 Å². The van der Waals surface area contributed by atoms with Crippen LogP contribution in [0.5, 0.6) is 0 Å². The molecule has 2 aliphatic carbocycles. The number of allylic oxidation sites excluding steroid dienone is 8. The Bertz CT molecular complexity index is 387. The third-order valence-corrected chi connectivity index (χ3v) is 8.02. The van der Waals surface area contributed by atoms with Crippen LogP contribution in [0.1, 0.15) is 65.2 Å². The van der Waals surface area contributed by atoms with E-state index in [-0.39, 0.29) is 0 Å². The molecule has 0 spiro atoms. The third kappa shape index (κ3) is 6.41. The Morgan fingerprint density at radius 3 is 1.67 bits per heavy atom. The van der Waals surface area contributed by atoms with E-state index in [1.54, 1.807) is 11.1 Å². The fourth-order valence-electron chi connectivity index (χ4n) is 2.75. The van der Waals surface area contributed by atoms with Crippen molar-refractivity contribution in [2.24, 2.45) is 0 Å². The normalized spacial score (nSPS) is 16.6. The van der Waals surface area contributed by atoms with Gasteiger partial charge in [-0.15, -0.1) is 11.6 Å². The van der Waals surface area contributed by atoms with Crippen molar-refractivity contribution in [3.8, 4) is 0 Å².